The standard InChI is InChI=1S/5Cu.O2.5O/c;;;;;1-2;;;;;. The molecule has 0 aliphatic heterocycles. The molecule has 12 heavy (non-hydrogen) atoms. The molecular formula is Cu5O7. The van der Waals surface area contributed by atoms with Crippen LogP contribution in [0.4, 0.5) is 0 Å². The topological polar surface area (TPSA) is 119 Å². The van der Waals surface area contributed by atoms with Crippen LogP contribution in [0.2, 0.25) is 0 Å². The average Bonchev–Trinajstić information content (AvgIpc) is 2.33. The molecule has 0 rings (SSSR count). The maximum atomic E-state index is 7.81. The van der Waals surface area contributed by atoms with E-state index in [1.54, 1.807) is 0 Å². The molecule has 0 spiro atoms. The zero-order valence-electron chi connectivity index (χ0n) is 4.37. The van der Waals surface area contributed by atoms with Crippen LogP contribution in [-0.4, -0.2) is 0 Å². The van der Waals surface area contributed by atoms with Gasteiger partial charge in [0.15, 0.2) is 0 Å². The van der Waals surface area contributed by atoms with Crippen molar-refractivity contribution in [1.29, 1.82) is 0 Å². The summed E-state index contributed by atoms with van der Waals surface area (Å²) in [6.07, 6.45) is 0. The molecule has 0 radical (unpaired) electrons. The molecule has 0 saturated heterocycles. The molecule has 0 aliphatic carbocycles. The van der Waals surface area contributed by atoms with Crippen molar-refractivity contribution < 1.29 is 98.9 Å². The van der Waals surface area contributed by atoms with Gasteiger partial charge in [-0.3, -0.25) is 0 Å². The zero-order valence-corrected chi connectivity index (χ0v) is 9.07. The second kappa shape index (κ2) is 1070. The van der Waals surface area contributed by atoms with Gasteiger partial charge in [0, 0.05) is 9.93 Å². The van der Waals surface area contributed by atoms with Gasteiger partial charge in [0.25, 0.3) is 0 Å². The molecule has 97 valence electrons. The van der Waals surface area contributed by atoms with E-state index < -0.39 is 0 Å². The second-order valence-electron chi connectivity index (χ2n) is 0. The summed E-state index contributed by atoms with van der Waals surface area (Å²) in [6, 6.07) is 0. The third kappa shape index (κ3) is 812. The number of rotatable bonds is 0. The molecule has 0 aromatic carbocycles. The summed E-state index contributed by atoms with van der Waals surface area (Å²) in [4.78, 5) is 14.0. The first kappa shape index (κ1) is 37.9. The first-order valence-electron chi connectivity index (χ1n) is 0.782. The van der Waals surface area contributed by atoms with E-state index in [4.69, 9.17) is 29.1 Å². The Hall–Kier alpha value is 1.20. The van der Waals surface area contributed by atoms with Crippen molar-refractivity contribution in [3.05, 3.63) is 9.93 Å². The van der Waals surface area contributed by atoms with Crippen molar-refractivity contribution >= 4 is 0 Å². The van der Waals surface area contributed by atoms with Gasteiger partial charge in [0.1, 0.15) is 0 Å². The van der Waals surface area contributed by atoms with E-state index in [9.17, 15) is 0 Å². The van der Waals surface area contributed by atoms with Crippen molar-refractivity contribution in [2.24, 2.45) is 0 Å². The van der Waals surface area contributed by atoms with Crippen molar-refractivity contribution in [3.63, 3.8) is 0 Å². The van der Waals surface area contributed by atoms with Crippen LogP contribution < -0.4 is 0 Å². The summed E-state index contributed by atoms with van der Waals surface area (Å²) >= 11 is 14.7. The molecule has 0 amide bonds. The van der Waals surface area contributed by atoms with Crippen LogP contribution in [0.1, 0.15) is 0 Å². The van der Waals surface area contributed by atoms with E-state index in [-0.39, 0.29) is 0 Å². The van der Waals surface area contributed by atoms with Crippen LogP contribution in [0.5, 0.6) is 0 Å². The summed E-state index contributed by atoms with van der Waals surface area (Å²) in [5, 5.41) is 0. The normalized spacial score (nSPS) is 2.83. The molecule has 0 aliphatic rings. The molecule has 0 N–H and O–H groups in total. The van der Waals surface area contributed by atoms with Gasteiger partial charge in [-0.05, 0) is 0 Å². The Kier molecular flexibility index (Phi) is 3370. The van der Waals surface area contributed by atoms with E-state index in [0.29, 0.717) is 0 Å². The summed E-state index contributed by atoms with van der Waals surface area (Å²) in [5.41, 5.74) is 0. The monoisotopic (exact) mass is 427 g/mol. The first-order valence-corrected chi connectivity index (χ1v) is 2.70. The third-order valence-corrected chi connectivity index (χ3v) is 0. The van der Waals surface area contributed by atoms with Crippen molar-refractivity contribution in [2.45, 2.75) is 0 Å². The Morgan fingerprint density at radius 3 is 0.333 bits per heavy atom. The van der Waals surface area contributed by atoms with Crippen LogP contribution in [-0.2, 0) is 98.9 Å². The molecule has 0 aromatic rings. The van der Waals surface area contributed by atoms with Crippen molar-refractivity contribution in [2.75, 3.05) is 0 Å². The second-order valence-corrected chi connectivity index (χ2v) is 0. The van der Waals surface area contributed by atoms with Gasteiger partial charge in [-0.15, -0.1) is 0 Å². The SMILES string of the molecule is O=O.[O]=[Cu].[O]=[Cu].[O]=[Cu].[O]=[Cu].[O]=[Cu]. The average molecular weight is 430 g/mol. The van der Waals surface area contributed by atoms with E-state index >= 15 is 0 Å². The van der Waals surface area contributed by atoms with Gasteiger partial charge in [-0.1, -0.05) is 0 Å². The fraction of sp³-hybridized carbons (Fsp3) is 0. The van der Waals surface area contributed by atoms with Gasteiger partial charge < -0.3 is 0 Å². The fourth-order valence-corrected chi connectivity index (χ4v) is 0. The summed E-state index contributed by atoms with van der Waals surface area (Å²) < 4.78 is 39.1. The fourth-order valence-electron chi connectivity index (χ4n) is 0. The van der Waals surface area contributed by atoms with Crippen LogP contribution >= 0.6 is 0 Å². The summed E-state index contributed by atoms with van der Waals surface area (Å²) in [6.45, 7) is 0. The zero-order chi connectivity index (χ0) is 12.0. The molecule has 0 unspecified atom stereocenters. The molecule has 7 nitrogen and oxygen atoms in total. The summed E-state index contributed by atoms with van der Waals surface area (Å²) in [5.74, 6) is 0. The molecule has 0 atom stereocenters. The van der Waals surface area contributed by atoms with E-state index in [1.165, 1.54) is 0 Å². The molecule has 0 fully saturated rings. The quantitative estimate of drug-likeness (QED) is 0.474. The Labute approximate surface area is 108 Å². The van der Waals surface area contributed by atoms with Crippen LogP contribution in [0.15, 0.2) is 0 Å². The van der Waals surface area contributed by atoms with E-state index in [0.717, 1.165) is 0 Å². The number of hydrogen-bond donors (Lipinski definition) is 0. The van der Waals surface area contributed by atoms with Crippen molar-refractivity contribution in [3.8, 4) is 0 Å². The predicted molar refractivity (Wildman–Crippen MR) is 10.2 cm³/mol. The Morgan fingerprint density at radius 1 is 0.333 bits per heavy atom. The first-order chi connectivity index (χ1) is 6.00. The van der Waals surface area contributed by atoms with Gasteiger partial charge >= 0.3 is 98.9 Å². The summed E-state index contributed by atoms with van der Waals surface area (Å²) in [7, 11) is 0. The minimum atomic E-state index is 2.94. The van der Waals surface area contributed by atoms with Crippen LogP contribution in [0, 0.1) is 9.93 Å². The van der Waals surface area contributed by atoms with Gasteiger partial charge in [0.05, 0.1) is 0 Å². The van der Waals surface area contributed by atoms with E-state index in [2.05, 4.69) is 79.7 Å². The predicted octanol–water partition coefficient (Wildman–Crippen LogP) is -0.539. The Balaban J connectivity index is -0.00000000900. The molecule has 0 saturated carbocycles. The van der Waals surface area contributed by atoms with Crippen LogP contribution in [0.25, 0.3) is 0 Å². The van der Waals surface area contributed by atoms with Gasteiger partial charge in [0.2, 0.25) is 0 Å². The molecular weight excluding hydrogens is 430 g/mol. The Bertz CT molecular complexity index is 27.3. The molecule has 0 heterocycles. The van der Waals surface area contributed by atoms with Crippen molar-refractivity contribution in [1.82, 2.24) is 0 Å². The Morgan fingerprint density at radius 2 is 0.333 bits per heavy atom. The van der Waals surface area contributed by atoms with Gasteiger partial charge in [-0.2, -0.15) is 0 Å². The third-order valence-electron chi connectivity index (χ3n) is 0. The minimum absolute atomic E-state index is 2.94. The van der Waals surface area contributed by atoms with Gasteiger partial charge in [-0.25, -0.2) is 0 Å². The molecule has 0 bridgehead atoms. The molecule has 12 heteroatoms. The van der Waals surface area contributed by atoms with E-state index in [1.807, 2.05) is 0 Å². The molecule has 0 aromatic heterocycles. The number of hydrogen-bond acceptors (Lipinski definition) is 7. The van der Waals surface area contributed by atoms with Crippen LogP contribution in [0.3, 0.4) is 0 Å². The maximum absolute atomic E-state index is 7.81.